The standard InChI is InChI=1S/C59H38N4S/c1-59(39-20-6-3-7-21-39)48-29-12-8-24-43(48)54-45(27-17-30-49(54)59)57-60-56(61-58(62-57)46-28-16-26-42-41-23-11-15-33-53(41)64-55(42)46)44-25-10-14-32-51(44)63-50-31-13-9-22-40(50)47-36-38(34-35-52(47)63)37-18-4-2-5-19-37/h2-36H,1H3. The number of benzene rings is 9. The lowest BCUT2D eigenvalue weighted by Gasteiger charge is -2.28. The van der Waals surface area contributed by atoms with Gasteiger partial charge in [-0.05, 0) is 88.3 Å². The zero-order chi connectivity index (χ0) is 42.4. The molecule has 0 amide bonds. The number of hydrogen-bond donors (Lipinski definition) is 0. The predicted molar refractivity (Wildman–Crippen MR) is 266 cm³/mol. The highest BCUT2D eigenvalue weighted by Crippen LogP contribution is 2.55. The highest BCUT2D eigenvalue weighted by molar-refractivity contribution is 7.26. The van der Waals surface area contributed by atoms with Crippen LogP contribution in [0, 0.1) is 0 Å². The molecule has 0 N–H and O–H groups in total. The molecule has 4 nitrogen and oxygen atoms in total. The molecule has 3 aromatic heterocycles. The summed E-state index contributed by atoms with van der Waals surface area (Å²) in [6.07, 6.45) is 0. The fourth-order valence-electron chi connectivity index (χ4n) is 10.4. The van der Waals surface area contributed by atoms with Crippen LogP contribution in [0.1, 0.15) is 23.6 Å². The van der Waals surface area contributed by atoms with Gasteiger partial charge >= 0.3 is 0 Å². The molecule has 0 spiro atoms. The van der Waals surface area contributed by atoms with Crippen molar-refractivity contribution in [2.24, 2.45) is 0 Å². The van der Waals surface area contributed by atoms with Gasteiger partial charge in [0.05, 0.1) is 16.7 Å². The van der Waals surface area contributed by atoms with Gasteiger partial charge < -0.3 is 4.57 Å². The molecule has 0 fully saturated rings. The summed E-state index contributed by atoms with van der Waals surface area (Å²) in [4.78, 5) is 16.5. The average molecular weight is 835 g/mol. The molecule has 0 saturated heterocycles. The first-order valence-corrected chi connectivity index (χ1v) is 22.6. The van der Waals surface area contributed by atoms with Crippen molar-refractivity contribution in [3.8, 4) is 62.1 Å². The van der Waals surface area contributed by atoms with E-state index in [0.717, 1.165) is 43.7 Å². The smallest absolute Gasteiger partial charge is 0.166 e. The monoisotopic (exact) mass is 834 g/mol. The lowest BCUT2D eigenvalue weighted by molar-refractivity contribution is 0.714. The predicted octanol–water partition coefficient (Wildman–Crippen LogP) is 15.3. The Morgan fingerprint density at radius 1 is 0.406 bits per heavy atom. The number of thiophene rings is 1. The Kier molecular flexibility index (Phi) is 8.18. The fraction of sp³-hybridized carbons (Fsp3) is 0.0339. The summed E-state index contributed by atoms with van der Waals surface area (Å²) in [5.74, 6) is 1.92. The summed E-state index contributed by atoms with van der Waals surface area (Å²) in [6, 6.07) is 76.2. The van der Waals surface area contributed by atoms with E-state index < -0.39 is 0 Å². The Hall–Kier alpha value is -7.99. The molecule has 1 aliphatic rings. The first-order chi connectivity index (χ1) is 31.6. The maximum atomic E-state index is 5.55. The second-order valence-corrected chi connectivity index (χ2v) is 17.9. The van der Waals surface area contributed by atoms with Crippen LogP contribution in [-0.4, -0.2) is 19.5 Å². The van der Waals surface area contributed by atoms with Crippen molar-refractivity contribution < 1.29 is 0 Å². The molecule has 0 aliphatic heterocycles. The number of para-hydroxylation sites is 2. The lowest BCUT2D eigenvalue weighted by atomic mass is 9.74. The maximum absolute atomic E-state index is 5.55. The molecule has 9 aromatic carbocycles. The van der Waals surface area contributed by atoms with Gasteiger partial charge in [-0.3, -0.25) is 0 Å². The molecule has 64 heavy (non-hydrogen) atoms. The second-order valence-electron chi connectivity index (χ2n) is 16.8. The Morgan fingerprint density at radius 3 is 1.83 bits per heavy atom. The lowest BCUT2D eigenvalue weighted by Crippen LogP contribution is -2.22. The van der Waals surface area contributed by atoms with Crippen molar-refractivity contribution in [1.29, 1.82) is 0 Å². The van der Waals surface area contributed by atoms with Gasteiger partial charge in [-0.25, -0.2) is 15.0 Å². The number of aromatic nitrogens is 4. The number of rotatable bonds is 6. The van der Waals surface area contributed by atoms with Crippen LogP contribution < -0.4 is 0 Å². The van der Waals surface area contributed by atoms with Crippen LogP contribution in [-0.2, 0) is 5.41 Å². The van der Waals surface area contributed by atoms with Crippen LogP contribution in [0.15, 0.2) is 212 Å². The van der Waals surface area contributed by atoms with E-state index in [-0.39, 0.29) is 5.41 Å². The van der Waals surface area contributed by atoms with Gasteiger partial charge in [0.2, 0.25) is 0 Å². The van der Waals surface area contributed by atoms with E-state index in [9.17, 15) is 0 Å². The molecule has 1 unspecified atom stereocenters. The van der Waals surface area contributed by atoms with E-state index in [0.29, 0.717) is 17.5 Å². The van der Waals surface area contributed by atoms with Gasteiger partial charge in [-0.1, -0.05) is 170 Å². The van der Waals surface area contributed by atoms with Crippen molar-refractivity contribution in [3.63, 3.8) is 0 Å². The van der Waals surface area contributed by atoms with Crippen molar-refractivity contribution in [1.82, 2.24) is 19.5 Å². The van der Waals surface area contributed by atoms with Crippen molar-refractivity contribution in [2.45, 2.75) is 12.3 Å². The van der Waals surface area contributed by atoms with E-state index in [1.165, 1.54) is 59.6 Å². The molecule has 0 bridgehead atoms. The molecular formula is C59H38N4S. The second kappa shape index (κ2) is 14.3. The molecule has 3 heterocycles. The van der Waals surface area contributed by atoms with Gasteiger partial charge in [0.1, 0.15) is 0 Å². The van der Waals surface area contributed by atoms with E-state index in [1.807, 2.05) is 0 Å². The fourth-order valence-corrected chi connectivity index (χ4v) is 11.6. The largest absolute Gasteiger partial charge is 0.309 e. The third-order valence-corrected chi connectivity index (χ3v) is 14.6. The van der Waals surface area contributed by atoms with Crippen LogP contribution in [0.5, 0.6) is 0 Å². The zero-order valence-electron chi connectivity index (χ0n) is 34.9. The normalized spacial score (nSPS) is 14.4. The molecular weight excluding hydrogens is 797 g/mol. The number of hydrogen-bond acceptors (Lipinski definition) is 4. The number of fused-ring (bicyclic) bond motifs is 9. The first kappa shape index (κ1) is 36.6. The van der Waals surface area contributed by atoms with Gasteiger partial charge in [0, 0.05) is 53.1 Å². The van der Waals surface area contributed by atoms with Gasteiger partial charge in [0.25, 0.3) is 0 Å². The summed E-state index contributed by atoms with van der Waals surface area (Å²) >= 11 is 1.79. The zero-order valence-corrected chi connectivity index (χ0v) is 35.7. The highest BCUT2D eigenvalue weighted by Gasteiger charge is 2.42. The van der Waals surface area contributed by atoms with Crippen LogP contribution in [0.25, 0.3) is 104 Å². The van der Waals surface area contributed by atoms with Gasteiger partial charge in [0.15, 0.2) is 17.5 Å². The van der Waals surface area contributed by atoms with Crippen molar-refractivity contribution >= 4 is 53.3 Å². The summed E-state index contributed by atoms with van der Waals surface area (Å²) < 4.78 is 4.79. The summed E-state index contributed by atoms with van der Waals surface area (Å²) in [6.45, 7) is 2.36. The molecule has 300 valence electrons. The third-order valence-electron chi connectivity index (χ3n) is 13.4. The summed E-state index contributed by atoms with van der Waals surface area (Å²) in [5.41, 5.74) is 14.3. The molecule has 1 atom stereocenters. The van der Waals surface area contributed by atoms with Crippen LogP contribution in [0.2, 0.25) is 0 Å². The van der Waals surface area contributed by atoms with Crippen molar-refractivity contribution in [2.75, 3.05) is 0 Å². The molecule has 1 aliphatic carbocycles. The molecule has 12 aromatic rings. The number of nitrogens with zero attached hydrogens (tertiary/aromatic N) is 4. The van der Waals surface area contributed by atoms with E-state index in [4.69, 9.17) is 15.0 Å². The summed E-state index contributed by atoms with van der Waals surface area (Å²) in [5, 5.41) is 4.83. The van der Waals surface area contributed by atoms with E-state index in [1.54, 1.807) is 11.3 Å². The molecule has 0 radical (unpaired) electrons. The van der Waals surface area contributed by atoms with Crippen LogP contribution >= 0.6 is 11.3 Å². The quantitative estimate of drug-likeness (QED) is 0.168. The molecule has 0 saturated carbocycles. The Labute approximate surface area is 374 Å². The highest BCUT2D eigenvalue weighted by atomic mass is 32.1. The van der Waals surface area contributed by atoms with Crippen molar-refractivity contribution in [3.05, 3.63) is 229 Å². The van der Waals surface area contributed by atoms with Gasteiger partial charge in [-0.15, -0.1) is 11.3 Å². The molecule has 13 rings (SSSR count). The maximum Gasteiger partial charge on any atom is 0.166 e. The minimum atomic E-state index is -0.367. The van der Waals surface area contributed by atoms with Crippen LogP contribution in [0.3, 0.4) is 0 Å². The Morgan fingerprint density at radius 2 is 0.984 bits per heavy atom. The average Bonchev–Trinajstić information content (AvgIpc) is 4.00. The molecule has 5 heteroatoms. The minimum Gasteiger partial charge on any atom is -0.309 e. The minimum absolute atomic E-state index is 0.367. The Balaban J connectivity index is 1.08. The topological polar surface area (TPSA) is 43.6 Å². The third kappa shape index (κ3) is 5.44. The summed E-state index contributed by atoms with van der Waals surface area (Å²) in [7, 11) is 0. The van der Waals surface area contributed by atoms with Crippen LogP contribution in [0.4, 0.5) is 0 Å². The SMILES string of the molecule is CC1(c2ccccc2)c2ccccc2-c2c(-c3nc(-c4ccccc4-n4c5ccccc5c5cc(-c6ccccc6)ccc54)nc(-c4cccc5c4sc4ccccc45)n3)cccc21. The van der Waals surface area contributed by atoms with E-state index >= 15 is 0 Å². The van der Waals surface area contributed by atoms with E-state index in [2.05, 4.69) is 224 Å². The Bertz CT molecular complexity index is 3810. The van der Waals surface area contributed by atoms with Gasteiger partial charge in [-0.2, -0.15) is 0 Å². The first-order valence-electron chi connectivity index (χ1n) is 21.8.